The van der Waals surface area contributed by atoms with Gasteiger partial charge in [0.2, 0.25) is 0 Å². The fourth-order valence-corrected chi connectivity index (χ4v) is 1.69. The van der Waals surface area contributed by atoms with E-state index in [1.54, 1.807) is 26.8 Å². The molecule has 0 aliphatic heterocycles. The summed E-state index contributed by atoms with van der Waals surface area (Å²) in [6.45, 7) is 5.59. The Balaban J connectivity index is 2.82. The fourth-order valence-electron chi connectivity index (χ4n) is 1.69. The Bertz CT molecular complexity index is 532. The van der Waals surface area contributed by atoms with Gasteiger partial charge in [-0.25, -0.2) is 9.18 Å². The maximum atomic E-state index is 13.2. The molecule has 0 heterocycles. The first-order chi connectivity index (χ1) is 9.26. The van der Waals surface area contributed by atoms with Gasteiger partial charge in [0.05, 0.1) is 17.7 Å². The van der Waals surface area contributed by atoms with Gasteiger partial charge in [0.1, 0.15) is 11.9 Å². The van der Waals surface area contributed by atoms with Crippen molar-refractivity contribution in [2.24, 2.45) is 0 Å². The standard InChI is InChI=1S/C14H18FN3O2/c1-4-18(9-14(2,3)20)13(19)17-11-5-6-12(15)10(7-11)8-16/h5-7,20H,4,9H2,1-3H3,(H,17,19). The van der Waals surface area contributed by atoms with Gasteiger partial charge in [-0.2, -0.15) is 5.26 Å². The highest BCUT2D eigenvalue weighted by Crippen LogP contribution is 2.15. The van der Waals surface area contributed by atoms with Gasteiger partial charge >= 0.3 is 6.03 Å². The van der Waals surface area contributed by atoms with Crippen molar-refractivity contribution in [2.45, 2.75) is 26.4 Å². The third-order valence-electron chi connectivity index (χ3n) is 2.58. The van der Waals surface area contributed by atoms with E-state index in [2.05, 4.69) is 5.32 Å². The molecule has 1 rings (SSSR count). The first-order valence-electron chi connectivity index (χ1n) is 6.25. The number of carbonyl (C=O) groups is 1. The van der Waals surface area contributed by atoms with E-state index >= 15 is 0 Å². The van der Waals surface area contributed by atoms with Crippen LogP contribution in [0, 0.1) is 17.1 Å². The van der Waals surface area contributed by atoms with Crippen molar-refractivity contribution >= 4 is 11.7 Å². The number of hydrogen-bond donors (Lipinski definition) is 2. The molecule has 0 fully saturated rings. The van der Waals surface area contributed by atoms with Gasteiger partial charge in [0, 0.05) is 12.2 Å². The molecule has 0 atom stereocenters. The van der Waals surface area contributed by atoms with Crippen LogP contribution in [0.1, 0.15) is 26.3 Å². The summed E-state index contributed by atoms with van der Waals surface area (Å²) in [5.41, 5.74) is -0.802. The zero-order valence-corrected chi connectivity index (χ0v) is 11.8. The Kier molecular flexibility index (Phi) is 5.06. The minimum Gasteiger partial charge on any atom is -0.389 e. The number of anilines is 1. The van der Waals surface area contributed by atoms with Crippen molar-refractivity contribution in [1.29, 1.82) is 5.26 Å². The molecule has 0 saturated heterocycles. The monoisotopic (exact) mass is 279 g/mol. The summed E-state index contributed by atoms with van der Waals surface area (Å²) in [4.78, 5) is 13.5. The van der Waals surface area contributed by atoms with Crippen LogP contribution in [0.3, 0.4) is 0 Å². The third-order valence-corrected chi connectivity index (χ3v) is 2.58. The summed E-state index contributed by atoms with van der Waals surface area (Å²) < 4.78 is 13.2. The van der Waals surface area contributed by atoms with E-state index in [1.165, 1.54) is 17.0 Å². The van der Waals surface area contributed by atoms with Gasteiger partial charge in [-0.3, -0.25) is 0 Å². The number of nitrogens with one attached hydrogen (secondary N) is 1. The Morgan fingerprint density at radius 2 is 2.20 bits per heavy atom. The minimum atomic E-state index is -1.01. The topological polar surface area (TPSA) is 76.4 Å². The largest absolute Gasteiger partial charge is 0.389 e. The number of nitrogens with zero attached hydrogens (tertiary/aromatic N) is 2. The van der Waals surface area contributed by atoms with Crippen molar-refractivity contribution in [2.75, 3.05) is 18.4 Å². The van der Waals surface area contributed by atoms with Gasteiger partial charge in [-0.05, 0) is 39.0 Å². The van der Waals surface area contributed by atoms with E-state index in [9.17, 15) is 14.3 Å². The Hall–Kier alpha value is -2.13. The number of carbonyl (C=O) groups excluding carboxylic acids is 1. The highest BCUT2D eigenvalue weighted by Gasteiger charge is 2.21. The van der Waals surface area contributed by atoms with Crippen LogP contribution >= 0.6 is 0 Å². The molecule has 0 bridgehead atoms. The maximum Gasteiger partial charge on any atom is 0.321 e. The first kappa shape index (κ1) is 15.9. The number of likely N-dealkylation sites (N-methyl/N-ethyl adjacent to an activating group) is 1. The van der Waals surface area contributed by atoms with Crippen molar-refractivity contribution < 1.29 is 14.3 Å². The molecule has 20 heavy (non-hydrogen) atoms. The van der Waals surface area contributed by atoms with E-state index in [1.807, 2.05) is 0 Å². The number of nitriles is 1. The number of halogens is 1. The van der Waals surface area contributed by atoms with Crippen LogP contribution in [0.5, 0.6) is 0 Å². The number of rotatable bonds is 4. The summed E-state index contributed by atoms with van der Waals surface area (Å²) in [6.07, 6.45) is 0. The van der Waals surface area contributed by atoms with E-state index in [-0.39, 0.29) is 12.1 Å². The van der Waals surface area contributed by atoms with Gasteiger partial charge in [0.25, 0.3) is 0 Å². The minimum absolute atomic E-state index is 0.131. The molecule has 0 spiro atoms. The van der Waals surface area contributed by atoms with Crippen LogP contribution in [0.25, 0.3) is 0 Å². The van der Waals surface area contributed by atoms with Crippen LogP contribution in [-0.4, -0.2) is 34.7 Å². The summed E-state index contributed by atoms with van der Waals surface area (Å²) >= 11 is 0. The van der Waals surface area contributed by atoms with Crippen molar-refractivity contribution in [3.05, 3.63) is 29.6 Å². The van der Waals surface area contributed by atoms with Gasteiger partial charge in [0.15, 0.2) is 0 Å². The van der Waals surface area contributed by atoms with Crippen molar-refractivity contribution in [3.63, 3.8) is 0 Å². The normalized spacial score (nSPS) is 10.8. The van der Waals surface area contributed by atoms with E-state index in [0.717, 1.165) is 6.07 Å². The van der Waals surface area contributed by atoms with Gasteiger partial charge < -0.3 is 15.3 Å². The molecule has 0 aromatic heterocycles. The zero-order valence-electron chi connectivity index (χ0n) is 11.8. The zero-order chi connectivity index (χ0) is 15.3. The second-order valence-corrected chi connectivity index (χ2v) is 5.06. The van der Waals surface area contributed by atoms with Crippen LogP contribution in [0.4, 0.5) is 14.9 Å². The predicted molar refractivity (Wildman–Crippen MR) is 73.7 cm³/mol. The second-order valence-electron chi connectivity index (χ2n) is 5.06. The summed E-state index contributed by atoms with van der Waals surface area (Å²) in [5.74, 6) is -0.630. The van der Waals surface area contributed by atoms with E-state index < -0.39 is 17.4 Å². The van der Waals surface area contributed by atoms with Crippen molar-refractivity contribution in [3.8, 4) is 6.07 Å². The maximum absolute atomic E-state index is 13.2. The smallest absolute Gasteiger partial charge is 0.321 e. The number of amides is 2. The predicted octanol–water partition coefficient (Wildman–Crippen LogP) is 2.32. The lowest BCUT2D eigenvalue weighted by Gasteiger charge is -2.28. The SMILES string of the molecule is CCN(CC(C)(C)O)C(=O)Nc1ccc(F)c(C#N)c1. The Labute approximate surface area is 117 Å². The molecule has 0 aliphatic carbocycles. The van der Waals surface area contributed by atoms with Crippen LogP contribution < -0.4 is 5.32 Å². The molecule has 6 heteroatoms. The lowest BCUT2D eigenvalue weighted by molar-refractivity contribution is 0.0501. The number of benzene rings is 1. The molecule has 2 N–H and O–H groups in total. The summed E-state index contributed by atoms with van der Waals surface area (Å²) in [6, 6.07) is 5.07. The number of urea groups is 1. The Morgan fingerprint density at radius 1 is 1.55 bits per heavy atom. The van der Waals surface area contributed by atoms with Gasteiger partial charge in [-0.15, -0.1) is 0 Å². The van der Waals surface area contributed by atoms with Crippen molar-refractivity contribution in [1.82, 2.24) is 4.90 Å². The average molecular weight is 279 g/mol. The molecule has 0 aliphatic rings. The molecule has 108 valence electrons. The first-order valence-corrected chi connectivity index (χ1v) is 6.25. The molecule has 2 amide bonds. The van der Waals surface area contributed by atoms with E-state index in [0.29, 0.717) is 12.2 Å². The lowest BCUT2D eigenvalue weighted by atomic mass is 10.1. The molecular weight excluding hydrogens is 261 g/mol. The average Bonchev–Trinajstić information content (AvgIpc) is 2.37. The summed E-state index contributed by atoms with van der Waals surface area (Å²) in [7, 11) is 0. The van der Waals surface area contributed by atoms with Crippen LogP contribution in [-0.2, 0) is 0 Å². The third kappa shape index (κ3) is 4.52. The van der Waals surface area contributed by atoms with Crippen LogP contribution in [0.15, 0.2) is 18.2 Å². The van der Waals surface area contributed by atoms with E-state index in [4.69, 9.17) is 5.26 Å². The fraction of sp³-hybridized carbons (Fsp3) is 0.429. The lowest BCUT2D eigenvalue weighted by Crippen LogP contribution is -2.44. The molecular formula is C14H18FN3O2. The van der Waals surface area contributed by atoms with Crippen LogP contribution in [0.2, 0.25) is 0 Å². The quantitative estimate of drug-likeness (QED) is 0.888. The Morgan fingerprint density at radius 3 is 2.70 bits per heavy atom. The molecule has 1 aromatic rings. The molecule has 1 aromatic carbocycles. The highest BCUT2D eigenvalue weighted by molar-refractivity contribution is 5.89. The van der Waals surface area contributed by atoms with Gasteiger partial charge in [-0.1, -0.05) is 0 Å². The molecule has 0 radical (unpaired) electrons. The number of hydrogen-bond acceptors (Lipinski definition) is 3. The number of aliphatic hydroxyl groups is 1. The second kappa shape index (κ2) is 6.35. The molecule has 0 unspecified atom stereocenters. The highest BCUT2D eigenvalue weighted by atomic mass is 19.1. The molecule has 0 saturated carbocycles. The summed E-state index contributed by atoms with van der Waals surface area (Å²) in [5, 5.41) is 21.1. The molecule has 5 nitrogen and oxygen atoms in total.